The van der Waals surface area contributed by atoms with Gasteiger partial charge in [-0.2, -0.15) is 0 Å². The van der Waals surface area contributed by atoms with E-state index < -0.39 is 0 Å². The molecule has 2 N–H and O–H groups in total. The number of pyridine rings is 1. The lowest BCUT2D eigenvalue weighted by Gasteiger charge is -2.08. The topological polar surface area (TPSA) is 54.0 Å². The second-order valence-corrected chi connectivity index (χ2v) is 4.86. The summed E-state index contributed by atoms with van der Waals surface area (Å²) in [4.78, 5) is 16.4. The van der Waals surface area contributed by atoms with E-state index >= 15 is 0 Å². The summed E-state index contributed by atoms with van der Waals surface area (Å²) >= 11 is 11.8. The van der Waals surface area contributed by atoms with Gasteiger partial charge in [0.25, 0.3) is 5.91 Å². The van der Waals surface area contributed by atoms with Gasteiger partial charge in [-0.25, -0.2) is 4.98 Å². The summed E-state index contributed by atoms with van der Waals surface area (Å²) in [6.07, 6.45) is 0. The summed E-state index contributed by atoms with van der Waals surface area (Å²) in [6, 6.07) is 10.2. The molecule has 6 heteroatoms. The molecule has 0 unspecified atom stereocenters. The van der Waals surface area contributed by atoms with Gasteiger partial charge in [0, 0.05) is 17.3 Å². The molecule has 2 aromatic rings. The Morgan fingerprint density at radius 3 is 2.50 bits per heavy atom. The molecule has 0 radical (unpaired) electrons. The molecule has 0 saturated carbocycles. The molecule has 0 aliphatic rings. The molecule has 0 aliphatic heterocycles. The van der Waals surface area contributed by atoms with Crippen LogP contribution in [-0.2, 0) is 0 Å². The number of benzene rings is 1. The standard InChI is InChI=1S/C14H13Cl2N3O/c1-2-17-12-8-7-11(16)13(19-12)14(20)18-10-5-3-9(15)4-6-10/h3-8H,2H2,1H3,(H,17,19)(H,18,20). The number of carbonyl (C=O) groups excluding carboxylic acids is 1. The largest absolute Gasteiger partial charge is 0.370 e. The van der Waals surface area contributed by atoms with E-state index in [1.165, 1.54) is 0 Å². The average Bonchev–Trinajstić information content (AvgIpc) is 2.43. The van der Waals surface area contributed by atoms with E-state index in [1.807, 2.05) is 6.92 Å². The number of carbonyl (C=O) groups is 1. The van der Waals surface area contributed by atoms with Gasteiger partial charge < -0.3 is 10.6 Å². The molecule has 0 fully saturated rings. The maximum Gasteiger partial charge on any atom is 0.275 e. The highest BCUT2D eigenvalue weighted by atomic mass is 35.5. The first-order valence-electron chi connectivity index (χ1n) is 6.07. The molecule has 2 rings (SSSR count). The van der Waals surface area contributed by atoms with E-state index in [2.05, 4.69) is 15.6 Å². The van der Waals surface area contributed by atoms with Crippen LogP contribution in [0.4, 0.5) is 11.5 Å². The fourth-order valence-corrected chi connectivity index (χ4v) is 1.92. The lowest BCUT2D eigenvalue weighted by Crippen LogP contribution is -2.15. The third-order valence-corrected chi connectivity index (χ3v) is 3.08. The number of anilines is 2. The van der Waals surface area contributed by atoms with Crippen LogP contribution in [0.2, 0.25) is 10.0 Å². The second-order valence-electron chi connectivity index (χ2n) is 4.02. The summed E-state index contributed by atoms with van der Waals surface area (Å²) in [7, 11) is 0. The summed E-state index contributed by atoms with van der Waals surface area (Å²) in [5.74, 6) is 0.246. The number of nitrogens with zero attached hydrogens (tertiary/aromatic N) is 1. The molecule has 0 spiro atoms. The van der Waals surface area contributed by atoms with Gasteiger partial charge in [0.15, 0.2) is 0 Å². The van der Waals surface area contributed by atoms with Crippen LogP contribution < -0.4 is 10.6 Å². The minimum Gasteiger partial charge on any atom is -0.370 e. The van der Waals surface area contributed by atoms with Crippen molar-refractivity contribution in [2.45, 2.75) is 6.92 Å². The van der Waals surface area contributed by atoms with E-state index in [-0.39, 0.29) is 11.6 Å². The molecular formula is C14H13Cl2N3O. The fraction of sp³-hybridized carbons (Fsp3) is 0.143. The molecule has 0 bridgehead atoms. The van der Waals surface area contributed by atoms with Crippen molar-refractivity contribution in [3.05, 3.63) is 52.1 Å². The number of hydrogen-bond acceptors (Lipinski definition) is 3. The van der Waals surface area contributed by atoms with Gasteiger partial charge in [-0.1, -0.05) is 23.2 Å². The Balaban J connectivity index is 2.19. The Morgan fingerprint density at radius 2 is 1.85 bits per heavy atom. The van der Waals surface area contributed by atoms with Crippen molar-refractivity contribution in [3.8, 4) is 0 Å². The Hall–Kier alpha value is -1.78. The van der Waals surface area contributed by atoms with Crippen LogP contribution in [0.15, 0.2) is 36.4 Å². The van der Waals surface area contributed by atoms with Crippen molar-refractivity contribution >= 4 is 40.6 Å². The molecule has 0 aliphatic carbocycles. The van der Waals surface area contributed by atoms with Gasteiger partial charge in [-0.15, -0.1) is 0 Å². The van der Waals surface area contributed by atoms with Crippen LogP contribution >= 0.6 is 23.2 Å². The SMILES string of the molecule is CCNc1ccc(Cl)c(C(=O)Nc2ccc(Cl)cc2)n1. The minimum atomic E-state index is -0.364. The van der Waals surface area contributed by atoms with Crippen LogP contribution in [0.1, 0.15) is 17.4 Å². The van der Waals surface area contributed by atoms with Crippen molar-refractivity contribution in [2.24, 2.45) is 0 Å². The Bertz CT molecular complexity index is 614. The summed E-state index contributed by atoms with van der Waals surface area (Å²) in [5, 5.41) is 6.67. The molecule has 1 aromatic carbocycles. The van der Waals surface area contributed by atoms with Crippen LogP contribution in [0.25, 0.3) is 0 Å². The number of hydrogen-bond donors (Lipinski definition) is 2. The lowest BCUT2D eigenvalue weighted by atomic mass is 10.3. The van der Waals surface area contributed by atoms with Gasteiger partial charge in [-0.05, 0) is 43.3 Å². The minimum absolute atomic E-state index is 0.181. The van der Waals surface area contributed by atoms with E-state index in [0.29, 0.717) is 28.1 Å². The summed E-state index contributed by atoms with van der Waals surface area (Å²) < 4.78 is 0. The second kappa shape index (κ2) is 6.59. The van der Waals surface area contributed by atoms with Crippen LogP contribution in [0.5, 0.6) is 0 Å². The quantitative estimate of drug-likeness (QED) is 0.895. The number of nitrogens with one attached hydrogen (secondary N) is 2. The van der Waals surface area contributed by atoms with Crippen molar-refractivity contribution in [2.75, 3.05) is 17.2 Å². The fourth-order valence-electron chi connectivity index (χ4n) is 1.60. The Labute approximate surface area is 127 Å². The molecule has 1 aromatic heterocycles. The average molecular weight is 310 g/mol. The van der Waals surface area contributed by atoms with Crippen molar-refractivity contribution < 1.29 is 4.79 Å². The highest BCUT2D eigenvalue weighted by molar-refractivity contribution is 6.34. The Morgan fingerprint density at radius 1 is 1.15 bits per heavy atom. The summed E-state index contributed by atoms with van der Waals surface area (Å²) in [6.45, 7) is 2.66. The zero-order chi connectivity index (χ0) is 14.5. The van der Waals surface area contributed by atoms with Crippen LogP contribution in [-0.4, -0.2) is 17.4 Å². The molecule has 4 nitrogen and oxygen atoms in total. The molecule has 20 heavy (non-hydrogen) atoms. The Kier molecular flexibility index (Phi) is 4.82. The smallest absolute Gasteiger partial charge is 0.275 e. The molecule has 0 atom stereocenters. The number of amides is 1. The van der Waals surface area contributed by atoms with Gasteiger partial charge in [0.05, 0.1) is 5.02 Å². The third-order valence-electron chi connectivity index (χ3n) is 2.52. The monoisotopic (exact) mass is 309 g/mol. The molecule has 0 saturated heterocycles. The molecule has 1 heterocycles. The molecule has 1 amide bonds. The first-order chi connectivity index (χ1) is 9.60. The van der Waals surface area contributed by atoms with Gasteiger partial charge in [0.2, 0.25) is 0 Å². The maximum absolute atomic E-state index is 12.2. The van der Waals surface area contributed by atoms with E-state index in [4.69, 9.17) is 23.2 Å². The summed E-state index contributed by atoms with van der Waals surface area (Å²) in [5.41, 5.74) is 0.811. The number of halogens is 2. The van der Waals surface area contributed by atoms with Gasteiger partial charge in [-0.3, -0.25) is 4.79 Å². The highest BCUT2D eigenvalue weighted by Crippen LogP contribution is 2.19. The third kappa shape index (κ3) is 3.62. The van der Waals surface area contributed by atoms with Crippen molar-refractivity contribution in [3.63, 3.8) is 0 Å². The van der Waals surface area contributed by atoms with Crippen molar-refractivity contribution in [1.29, 1.82) is 0 Å². The van der Waals surface area contributed by atoms with Crippen LogP contribution in [0, 0.1) is 0 Å². The van der Waals surface area contributed by atoms with Gasteiger partial charge >= 0.3 is 0 Å². The maximum atomic E-state index is 12.2. The predicted molar refractivity (Wildman–Crippen MR) is 82.8 cm³/mol. The van der Waals surface area contributed by atoms with Gasteiger partial charge in [0.1, 0.15) is 11.5 Å². The first-order valence-corrected chi connectivity index (χ1v) is 6.83. The number of rotatable bonds is 4. The zero-order valence-corrected chi connectivity index (χ0v) is 12.3. The predicted octanol–water partition coefficient (Wildman–Crippen LogP) is 4.07. The lowest BCUT2D eigenvalue weighted by molar-refractivity contribution is 0.102. The van der Waals surface area contributed by atoms with E-state index in [9.17, 15) is 4.79 Å². The van der Waals surface area contributed by atoms with Crippen molar-refractivity contribution in [1.82, 2.24) is 4.98 Å². The zero-order valence-electron chi connectivity index (χ0n) is 10.8. The normalized spacial score (nSPS) is 10.2. The van der Waals surface area contributed by atoms with Crippen LogP contribution in [0.3, 0.4) is 0 Å². The van der Waals surface area contributed by atoms with E-state index in [0.717, 1.165) is 0 Å². The number of aromatic nitrogens is 1. The first kappa shape index (κ1) is 14.6. The highest BCUT2D eigenvalue weighted by Gasteiger charge is 2.13. The van der Waals surface area contributed by atoms with E-state index in [1.54, 1.807) is 36.4 Å². The molecule has 104 valence electrons. The molecular weight excluding hydrogens is 297 g/mol.